The number of nitrogens with one attached hydrogen (secondary N) is 1. The SMILES string of the molecule is COc1ccnc(C[S+]([O-])c2nc3c(C)cc(C)cc3[nH]2)c1. The zero-order valence-corrected chi connectivity index (χ0v) is 13.5. The van der Waals surface area contributed by atoms with Crippen LogP contribution >= 0.6 is 0 Å². The van der Waals surface area contributed by atoms with E-state index in [0.29, 0.717) is 22.4 Å². The van der Waals surface area contributed by atoms with Gasteiger partial charge in [-0.2, -0.15) is 4.98 Å². The smallest absolute Gasteiger partial charge is 0.322 e. The van der Waals surface area contributed by atoms with Crippen LogP contribution in [0.1, 0.15) is 16.8 Å². The van der Waals surface area contributed by atoms with Gasteiger partial charge in [0.2, 0.25) is 0 Å². The normalized spacial score (nSPS) is 12.5. The highest BCUT2D eigenvalue weighted by Crippen LogP contribution is 2.22. The van der Waals surface area contributed by atoms with E-state index in [2.05, 4.69) is 21.0 Å². The summed E-state index contributed by atoms with van der Waals surface area (Å²) in [5, 5.41) is 0.480. The summed E-state index contributed by atoms with van der Waals surface area (Å²) in [4.78, 5) is 11.9. The highest BCUT2D eigenvalue weighted by molar-refractivity contribution is 7.90. The lowest BCUT2D eigenvalue weighted by Crippen LogP contribution is -2.08. The molecule has 0 bridgehead atoms. The molecule has 1 aromatic carbocycles. The zero-order valence-electron chi connectivity index (χ0n) is 12.7. The van der Waals surface area contributed by atoms with E-state index >= 15 is 0 Å². The molecular weight excluding hydrogens is 298 g/mol. The summed E-state index contributed by atoms with van der Waals surface area (Å²) in [6, 6.07) is 7.63. The Labute approximate surface area is 131 Å². The molecule has 3 rings (SSSR count). The van der Waals surface area contributed by atoms with E-state index in [1.165, 1.54) is 0 Å². The molecule has 2 heterocycles. The van der Waals surface area contributed by atoms with Gasteiger partial charge >= 0.3 is 5.16 Å². The number of aromatic amines is 1. The molecule has 22 heavy (non-hydrogen) atoms. The number of nitrogens with zero attached hydrogens (tertiary/aromatic N) is 2. The van der Waals surface area contributed by atoms with Crippen LogP contribution in [0.3, 0.4) is 0 Å². The summed E-state index contributed by atoms with van der Waals surface area (Å²) in [5.41, 5.74) is 4.73. The summed E-state index contributed by atoms with van der Waals surface area (Å²) < 4.78 is 17.7. The zero-order chi connectivity index (χ0) is 15.7. The number of hydrogen-bond acceptors (Lipinski definition) is 4. The van der Waals surface area contributed by atoms with E-state index in [0.717, 1.165) is 22.2 Å². The van der Waals surface area contributed by atoms with Gasteiger partial charge in [-0.1, -0.05) is 6.07 Å². The number of fused-ring (bicyclic) bond motifs is 1. The average molecular weight is 315 g/mol. The Balaban J connectivity index is 1.88. The lowest BCUT2D eigenvalue weighted by atomic mass is 10.1. The van der Waals surface area contributed by atoms with Crippen molar-refractivity contribution in [3.63, 3.8) is 0 Å². The van der Waals surface area contributed by atoms with E-state index in [4.69, 9.17) is 4.74 Å². The van der Waals surface area contributed by atoms with Gasteiger partial charge in [-0.25, -0.2) is 0 Å². The largest absolute Gasteiger partial charge is 0.609 e. The molecule has 3 aromatic rings. The van der Waals surface area contributed by atoms with Crippen LogP contribution in [0.2, 0.25) is 0 Å². The number of hydrogen-bond donors (Lipinski definition) is 1. The summed E-state index contributed by atoms with van der Waals surface area (Å²) in [6.07, 6.45) is 1.65. The van der Waals surface area contributed by atoms with Gasteiger partial charge in [0, 0.05) is 23.4 Å². The Morgan fingerprint density at radius 1 is 1.27 bits per heavy atom. The fourth-order valence-electron chi connectivity index (χ4n) is 2.42. The highest BCUT2D eigenvalue weighted by Gasteiger charge is 2.19. The maximum Gasteiger partial charge on any atom is 0.322 e. The second-order valence-corrected chi connectivity index (χ2v) is 6.56. The molecule has 0 spiro atoms. The monoisotopic (exact) mass is 315 g/mol. The number of benzene rings is 1. The number of rotatable bonds is 4. The first-order valence-corrected chi connectivity index (χ1v) is 8.23. The average Bonchev–Trinajstić information content (AvgIpc) is 2.92. The number of aromatic nitrogens is 3. The van der Waals surface area contributed by atoms with Gasteiger partial charge in [-0.15, -0.1) is 0 Å². The third kappa shape index (κ3) is 2.93. The maximum atomic E-state index is 12.5. The summed E-state index contributed by atoms with van der Waals surface area (Å²) in [5.74, 6) is 1.01. The van der Waals surface area contributed by atoms with Crippen LogP contribution < -0.4 is 4.74 Å². The van der Waals surface area contributed by atoms with Crippen LogP contribution in [0.15, 0.2) is 35.6 Å². The van der Waals surface area contributed by atoms with Crippen molar-refractivity contribution in [2.45, 2.75) is 24.8 Å². The second kappa shape index (κ2) is 5.98. The van der Waals surface area contributed by atoms with Crippen molar-refractivity contribution in [1.82, 2.24) is 15.0 Å². The summed E-state index contributed by atoms with van der Waals surface area (Å²) in [6.45, 7) is 4.04. The standard InChI is InChI=1S/C16H17N3O2S/c1-10-6-11(2)15-14(7-10)18-16(19-15)22(20)9-12-8-13(21-3)4-5-17-12/h4-8H,9H2,1-3H3,(H,18,19). The van der Waals surface area contributed by atoms with Crippen LogP contribution in [-0.2, 0) is 16.9 Å². The number of methoxy groups -OCH3 is 1. The Morgan fingerprint density at radius 2 is 2.09 bits per heavy atom. The molecule has 114 valence electrons. The minimum absolute atomic E-state index is 0.301. The van der Waals surface area contributed by atoms with Crippen molar-refractivity contribution in [2.24, 2.45) is 0 Å². The quantitative estimate of drug-likeness (QED) is 0.751. The lowest BCUT2D eigenvalue weighted by Gasteiger charge is -2.07. The van der Waals surface area contributed by atoms with E-state index in [-0.39, 0.29) is 0 Å². The number of ether oxygens (including phenoxy) is 1. The van der Waals surface area contributed by atoms with Crippen LogP contribution in [-0.4, -0.2) is 26.6 Å². The first-order valence-electron chi connectivity index (χ1n) is 6.91. The highest BCUT2D eigenvalue weighted by atomic mass is 32.2. The minimum Gasteiger partial charge on any atom is -0.609 e. The fourth-order valence-corrected chi connectivity index (χ4v) is 3.40. The Bertz CT molecular complexity index is 816. The van der Waals surface area contributed by atoms with Crippen LogP contribution in [0.25, 0.3) is 11.0 Å². The number of aryl methyl sites for hydroxylation is 2. The molecule has 0 radical (unpaired) electrons. The topological polar surface area (TPSA) is 73.9 Å². The number of H-pyrrole nitrogens is 1. The molecule has 0 aliphatic carbocycles. The maximum absolute atomic E-state index is 12.5. The third-order valence-corrected chi connectivity index (χ3v) is 4.60. The molecule has 1 atom stereocenters. The minimum atomic E-state index is -1.28. The Kier molecular flexibility index (Phi) is 4.04. The summed E-state index contributed by atoms with van der Waals surface area (Å²) >= 11 is -1.28. The summed E-state index contributed by atoms with van der Waals surface area (Å²) in [7, 11) is 1.60. The van der Waals surface area contributed by atoms with Gasteiger partial charge < -0.3 is 9.29 Å². The molecule has 0 aliphatic rings. The van der Waals surface area contributed by atoms with Gasteiger partial charge in [0.25, 0.3) is 0 Å². The van der Waals surface area contributed by atoms with E-state index in [1.807, 2.05) is 19.9 Å². The molecule has 1 N–H and O–H groups in total. The van der Waals surface area contributed by atoms with Gasteiger partial charge in [0.15, 0.2) is 5.75 Å². The molecule has 6 heteroatoms. The van der Waals surface area contributed by atoms with Crippen LogP contribution in [0.5, 0.6) is 5.75 Å². The van der Waals surface area contributed by atoms with Crippen molar-refractivity contribution in [3.05, 3.63) is 47.3 Å². The Morgan fingerprint density at radius 3 is 2.86 bits per heavy atom. The molecule has 0 saturated carbocycles. The van der Waals surface area contributed by atoms with Crippen molar-refractivity contribution >= 4 is 22.2 Å². The first kappa shape index (κ1) is 14.9. The van der Waals surface area contributed by atoms with Gasteiger partial charge in [-0.3, -0.25) is 9.97 Å². The predicted octanol–water partition coefficient (Wildman–Crippen LogP) is 2.89. The van der Waals surface area contributed by atoms with Crippen molar-refractivity contribution in [3.8, 4) is 5.75 Å². The van der Waals surface area contributed by atoms with E-state index in [9.17, 15) is 4.55 Å². The van der Waals surface area contributed by atoms with E-state index in [1.54, 1.807) is 25.4 Å². The number of pyridine rings is 1. The second-order valence-electron chi connectivity index (χ2n) is 5.20. The third-order valence-electron chi connectivity index (χ3n) is 3.42. The molecule has 2 aromatic heterocycles. The van der Waals surface area contributed by atoms with Crippen molar-refractivity contribution < 1.29 is 9.29 Å². The van der Waals surface area contributed by atoms with Crippen molar-refractivity contribution in [1.29, 1.82) is 0 Å². The number of imidazole rings is 1. The van der Waals surface area contributed by atoms with Gasteiger partial charge in [0.1, 0.15) is 5.75 Å². The molecule has 0 saturated heterocycles. The lowest BCUT2D eigenvalue weighted by molar-refractivity contribution is 0.413. The molecule has 0 amide bonds. The first-order chi connectivity index (χ1) is 10.6. The molecule has 0 fully saturated rings. The molecule has 1 unspecified atom stereocenters. The molecular formula is C16H17N3O2S. The Hall–Kier alpha value is -2.05. The molecule has 0 aliphatic heterocycles. The predicted molar refractivity (Wildman–Crippen MR) is 86.5 cm³/mol. The molecule has 5 nitrogen and oxygen atoms in total. The van der Waals surface area contributed by atoms with Crippen molar-refractivity contribution in [2.75, 3.05) is 7.11 Å². The van der Waals surface area contributed by atoms with Crippen LogP contribution in [0, 0.1) is 13.8 Å². The van der Waals surface area contributed by atoms with Crippen LogP contribution in [0.4, 0.5) is 0 Å². The van der Waals surface area contributed by atoms with Gasteiger partial charge in [-0.05, 0) is 37.1 Å². The van der Waals surface area contributed by atoms with Gasteiger partial charge in [0.05, 0.1) is 23.8 Å². The fraction of sp³-hybridized carbons (Fsp3) is 0.250. The van der Waals surface area contributed by atoms with E-state index < -0.39 is 11.2 Å².